The third-order valence-corrected chi connectivity index (χ3v) is 6.27. The van der Waals surface area contributed by atoms with Gasteiger partial charge in [0.2, 0.25) is 5.88 Å². The summed E-state index contributed by atoms with van der Waals surface area (Å²) >= 11 is -1.42. The van der Waals surface area contributed by atoms with Crippen molar-refractivity contribution in [3.8, 4) is 22.9 Å². The topological polar surface area (TPSA) is 77.4 Å². The number of ether oxygens (including phenoxy) is 2. The van der Waals surface area contributed by atoms with Crippen LogP contribution in [-0.4, -0.2) is 34.3 Å². The molecule has 0 radical (unpaired) electrons. The second kappa shape index (κ2) is 9.26. The number of hydrogen-bond donors (Lipinski definition) is 2. The van der Waals surface area contributed by atoms with Gasteiger partial charge in [0.25, 0.3) is 0 Å². The van der Waals surface area contributed by atoms with Gasteiger partial charge in [-0.2, -0.15) is 18.3 Å². The van der Waals surface area contributed by atoms with E-state index in [0.717, 1.165) is 23.3 Å². The lowest BCUT2D eigenvalue weighted by Crippen LogP contribution is -2.59. The average molecular weight is 481 g/mol. The molecule has 1 aliphatic heterocycles. The van der Waals surface area contributed by atoms with Crippen LogP contribution in [0.4, 0.5) is 13.2 Å². The molecule has 0 saturated carbocycles. The van der Waals surface area contributed by atoms with Crippen LogP contribution in [0.5, 0.6) is 11.6 Å². The maximum absolute atomic E-state index is 12.8. The van der Waals surface area contributed by atoms with Gasteiger partial charge in [-0.1, -0.05) is 18.2 Å². The van der Waals surface area contributed by atoms with Crippen molar-refractivity contribution >= 4 is 11.2 Å². The van der Waals surface area contributed by atoms with E-state index in [1.54, 1.807) is 17.8 Å². The Kier molecular flexibility index (Phi) is 6.57. The number of aryl methyl sites for hydroxylation is 1. The minimum absolute atomic E-state index is 0.280. The van der Waals surface area contributed by atoms with Gasteiger partial charge in [-0.25, -0.2) is 18.3 Å². The van der Waals surface area contributed by atoms with Crippen LogP contribution >= 0.6 is 0 Å². The molecule has 2 N–H and O–H groups in total. The molecule has 0 amide bonds. The molecule has 1 unspecified atom stereocenters. The summed E-state index contributed by atoms with van der Waals surface area (Å²) in [6.45, 7) is 3.17. The van der Waals surface area contributed by atoms with Crippen LogP contribution in [0.2, 0.25) is 0 Å². The van der Waals surface area contributed by atoms with Crippen LogP contribution in [0.3, 0.4) is 0 Å². The highest BCUT2D eigenvalue weighted by atomic mass is 32.2. The number of nitrogens with one attached hydrogen (secondary N) is 2. The predicted molar refractivity (Wildman–Crippen MR) is 118 cm³/mol. The molecule has 33 heavy (non-hydrogen) atoms. The van der Waals surface area contributed by atoms with Crippen LogP contribution in [0.15, 0.2) is 54.6 Å². The summed E-state index contributed by atoms with van der Waals surface area (Å²) in [4.78, 5) is 0. The van der Waals surface area contributed by atoms with Crippen molar-refractivity contribution in [3.05, 3.63) is 65.7 Å². The maximum Gasteiger partial charge on any atom is 0.416 e. The first-order valence-electron chi connectivity index (χ1n) is 10.2. The Labute approximate surface area is 191 Å². The first-order valence-corrected chi connectivity index (χ1v) is 11.4. The fraction of sp³-hybridized carbons (Fsp3) is 0.318. The van der Waals surface area contributed by atoms with Crippen molar-refractivity contribution in [1.82, 2.24) is 19.2 Å². The zero-order chi connectivity index (χ0) is 23.6. The fourth-order valence-electron chi connectivity index (χ4n) is 3.48. The second-order valence-electron chi connectivity index (χ2n) is 7.54. The largest absolute Gasteiger partial charge is 0.439 e. The molecule has 2 aromatic carbocycles. The molecule has 2 heterocycles. The van der Waals surface area contributed by atoms with E-state index in [1.165, 1.54) is 12.1 Å². The monoisotopic (exact) mass is 480 g/mol. The van der Waals surface area contributed by atoms with E-state index in [4.69, 9.17) is 9.47 Å². The maximum atomic E-state index is 12.8. The number of benzene rings is 2. The minimum atomic E-state index is -4.40. The van der Waals surface area contributed by atoms with Gasteiger partial charge in [-0.05, 0) is 49.9 Å². The molecule has 7 nitrogen and oxygen atoms in total. The summed E-state index contributed by atoms with van der Waals surface area (Å²) < 4.78 is 69.0. The van der Waals surface area contributed by atoms with Crippen LogP contribution in [0.25, 0.3) is 11.3 Å². The first-order chi connectivity index (χ1) is 15.7. The van der Waals surface area contributed by atoms with Gasteiger partial charge in [0, 0.05) is 18.2 Å². The highest BCUT2D eigenvalue weighted by Crippen LogP contribution is 2.35. The standard InChI is InChI=1S/C22H23F3N4O3S/c1-3-29-20(32-18-9-7-16(8-10-18)22(23,24)25)12-19(27-29)15-5-4-6-17(11-15)21(13-31-14-21)28-33(30)26-2/h4-12,26,28H,3,13-14H2,1-2H3. The quantitative estimate of drug-likeness (QED) is 0.511. The molecule has 3 aromatic rings. The molecule has 0 bridgehead atoms. The van der Waals surface area contributed by atoms with E-state index < -0.39 is 28.5 Å². The lowest BCUT2D eigenvalue weighted by Gasteiger charge is -2.41. The number of rotatable bonds is 8. The Hall–Kier alpha value is -2.73. The summed E-state index contributed by atoms with van der Waals surface area (Å²) in [6.07, 6.45) is -4.40. The van der Waals surface area contributed by atoms with E-state index in [9.17, 15) is 17.4 Å². The van der Waals surface area contributed by atoms with E-state index in [1.807, 2.05) is 31.2 Å². The Morgan fingerprint density at radius 1 is 1.18 bits per heavy atom. The van der Waals surface area contributed by atoms with Gasteiger partial charge in [0.1, 0.15) is 11.3 Å². The third-order valence-electron chi connectivity index (χ3n) is 5.33. The number of alkyl halides is 3. The molecule has 0 spiro atoms. The van der Waals surface area contributed by atoms with Crippen LogP contribution < -0.4 is 14.2 Å². The van der Waals surface area contributed by atoms with E-state index in [0.29, 0.717) is 31.3 Å². The Bertz CT molecular complexity index is 1140. The summed E-state index contributed by atoms with van der Waals surface area (Å²) in [5.74, 6) is 0.691. The number of aromatic nitrogens is 2. The minimum Gasteiger partial charge on any atom is -0.439 e. The summed E-state index contributed by atoms with van der Waals surface area (Å²) in [5, 5.41) is 4.58. The van der Waals surface area contributed by atoms with Crippen LogP contribution in [0, 0.1) is 0 Å². The molecule has 0 aliphatic carbocycles. The Balaban J connectivity index is 1.60. The van der Waals surface area contributed by atoms with Crippen molar-refractivity contribution < 1.29 is 26.9 Å². The van der Waals surface area contributed by atoms with Crippen molar-refractivity contribution in [3.63, 3.8) is 0 Å². The second-order valence-corrected chi connectivity index (χ2v) is 8.69. The van der Waals surface area contributed by atoms with Crippen molar-refractivity contribution in [2.75, 3.05) is 20.3 Å². The molecule has 1 atom stereocenters. The summed E-state index contributed by atoms with van der Waals surface area (Å²) in [5.41, 5.74) is 1.06. The van der Waals surface area contributed by atoms with Crippen LogP contribution in [-0.2, 0) is 34.2 Å². The molecular weight excluding hydrogens is 457 g/mol. The van der Waals surface area contributed by atoms with E-state index >= 15 is 0 Å². The van der Waals surface area contributed by atoms with Gasteiger partial charge in [-0.3, -0.25) is 0 Å². The summed E-state index contributed by atoms with van der Waals surface area (Å²) in [7, 11) is 1.60. The fourth-order valence-corrected chi connectivity index (χ4v) is 4.17. The van der Waals surface area contributed by atoms with Gasteiger partial charge in [-0.15, -0.1) is 0 Å². The Morgan fingerprint density at radius 3 is 2.48 bits per heavy atom. The molecule has 1 fully saturated rings. The zero-order valence-electron chi connectivity index (χ0n) is 18.0. The lowest BCUT2D eigenvalue weighted by atomic mass is 9.88. The van der Waals surface area contributed by atoms with Gasteiger partial charge < -0.3 is 9.47 Å². The van der Waals surface area contributed by atoms with Crippen molar-refractivity contribution in [2.45, 2.75) is 25.2 Å². The average Bonchev–Trinajstić information content (AvgIpc) is 3.18. The normalized spacial score (nSPS) is 16.3. The smallest absolute Gasteiger partial charge is 0.416 e. The van der Waals surface area contributed by atoms with Crippen LogP contribution in [0.1, 0.15) is 18.1 Å². The van der Waals surface area contributed by atoms with E-state index in [-0.39, 0.29) is 5.75 Å². The highest BCUT2D eigenvalue weighted by Gasteiger charge is 2.42. The molecule has 176 valence electrons. The number of halogens is 3. The molecule has 1 saturated heterocycles. The Morgan fingerprint density at radius 2 is 1.91 bits per heavy atom. The molecule has 4 rings (SSSR count). The van der Waals surface area contributed by atoms with E-state index in [2.05, 4.69) is 14.5 Å². The van der Waals surface area contributed by atoms with Crippen molar-refractivity contribution in [1.29, 1.82) is 0 Å². The SMILES string of the molecule is CCn1nc(-c2cccc(C3(NS(=O)NC)COC3)c2)cc1Oc1ccc(C(F)(F)F)cc1. The van der Waals surface area contributed by atoms with Gasteiger partial charge in [0.15, 0.2) is 11.2 Å². The third kappa shape index (κ3) is 4.96. The predicted octanol–water partition coefficient (Wildman–Crippen LogP) is 3.99. The molecule has 1 aromatic heterocycles. The highest BCUT2D eigenvalue weighted by molar-refractivity contribution is 7.81. The molecule has 1 aliphatic rings. The zero-order valence-corrected chi connectivity index (χ0v) is 18.8. The molecule has 11 heteroatoms. The van der Waals surface area contributed by atoms with Crippen molar-refractivity contribution in [2.24, 2.45) is 0 Å². The van der Waals surface area contributed by atoms with Gasteiger partial charge in [0.05, 0.1) is 24.5 Å². The number of nitrogens with zero attached hydrogens (tertiary/aromatic N) is 2. The number of hydrogen-bond acceptors (Lipinski definition) is 4. The molecular formula is C22H23F3N4O3S. The van der Waals surface area contributed by atoms with Gasteiger partial charge >= 0.3 is 6.18 Å². The first kappa shape index (κ1) is 23.4. The lowest BCUT2D eigenvalue weighted by molar-refractivity contribution is -0.137. The summed E-state index contributed by atoms with van der Waals surface area (Å²) in [6, 6.07) is 13.9.